The number of nitrogens with two attached hydrogens (primary N) is 1. The Morgan fingerprint density at radius 1 is 1.27 bits per heavy atom. The van der Waals surface area contributed by atoms with E-state index in [4.69, 9.17) is 5.73 Å². The summed E-state index contributed by atoms with van der Waals surface area (Å²) in [7, 11) is 0. The first-order valence-electron chi connectivity index (χ1n) is 3.70. The zero-order valence-electron chi connectivity index (χ0n) is 6.78. The van der Waals surface area contributed by atoms with Crippen LogP contribution in [0.2, 0.25) is 0 Å². The van der Waals surface area contributed by atoms with E-state index < -0.39 is 5.92 Å². The molecule has 0 aromatic rings. The molecule has 0 aliphatic carbocycles. The van der Waals surface area contributed by atoms with Crippen LogP contribution in [0.1, 0.15) is 32.6 Å². The molecule has 0 aliphatic rings. The van der Waals surface area contributed by atoms with Gasteiger partial charge in [-0.05, 0) is 19.4 Å². The summed E-state index contributed by atoms with van der Waals surface area (Å²) in [5, 5.41) is 0. The highest BCUT2D eigenvalue weighted by molar-refractivity contribution is 5.85. The van der Waals surface area contributed by atoms with E-state index >= 15 is 0 Å². The van der Waals surface area contributed by atoms with Crippen LogP contribution in [0.3, 0.4) is 0 Å². The summed E-state index contributed by atoms with van der Waals surface area (Å²) in [6.45, 7) is 2.02. The van der Waals surface area contributed by atoms with E-state index in [0.717, 1.165) is 0 Å². The van der Waals surface area contributed by atoms with Crippen LogP contribution in [0.5, 0.6) is 0 Å². The van der Waals surface area contributed by atoms with Gasteiger partial charge in [-0.2, -0.15) is 0 Å². The molecule has 1 nitrogen and oxygen atoms in total. The Morgan fingerprint density at radius 2 is 1.82 bits per heavy atom. The van der Waals surface area contributed by atoms with Crippen LogP contribution >= 0.6 is 12.4 Å². The first-order chi connectivity index (χ1) is 4.62. The fraction of sp³-hybridized carbons (Fsp3) is 1.00. The molecule has 0 aliphatic heterocycles. The fourth-order valence-corrected chi connectivity index (χ4v) is 0.705. The van der Waals surface area contributed by atoms with Gasteiger partial charge in [0.05, 0.1) is 0 Å². The lowest BCUT2D eigenvalue weighted by Gasteiger charge is -2.12. The molecule has 0 aromatic heterocycles. The molecule has 0 aromatic carbocycles. The zero-order valence-corrected chi connectivity index (χ0v) is 7.59. The monoisotopic (exact) mass is 187 g/mol. The van der Waals surface area contributed by atoms with E-state index in [1.807, 2.05) is 0 Å². The second kappa shape index (κ2) is 6.80. The summed E-state index contributed by atoms with van der Waals surface area (Å²) in [4.78, 5) is 0. The molecule has 2 N–H and O–H groups in total. The predicted molar refractivity (Wildman–Crippen MR) is 45.4 cm³/mol. The topological polar surface area (TPSA) is 26.0 Å². The lowest BCUT2D eigenvalue weighted by atomic mass is 10.1. The quantitative estimate of drug-likeness (QED) is 0.658. The van der Waals surface area contributed by atoms with Crippen molar-refractivity contribution in [2.45, 2.75) is 38.5 Å². The van der Waals surface area contributed by atoms with Crippen molar-refractivity contribution in [3.8, 4) is 0 Å². The molecule has 0 saturated carbocycles. The third kappa shape index (κ3) is 8.01. The van der Waals surface area contributed by atoms with E-state index in [-0.39, 0.29) is 25.2 Å². The summed E-state index contributed by atoms with van der Waals surface area (Å²) in [6, 6.07) is 0. The number of unbranched alkanes of at least 4 members (excludes halogenated alkanes) is 1. The second-order valence-corrected chi connectivity index (χ2v) is 2.46. The van der Waals surface area contributed by atoms with Crippen molar-refractivity contribution in [3.63, 3.8) is 0 Å². The number of alkyl halides is 2. The van der Waals surface area contributed by atoms with E-state index in [0.29, 0.717) is 19.4 Å². The zero-order chi connectivity index (χ0) is 8.04. The van der Waals surface area contributed by atoms with Gasteiger partial charge in [-0.1, -0.05) is 6.92 Å². The Balaban J connectivity index is 0. The second-order valence-electron chi connectivity index (χ2n) is 2.46. The number of rotatable bonds is 5. The lowest BCUT2D eigenvalue weighted by molar-refractivity contribution is -0.0134. The molecule has 4 heteroatoms. The molecule has 0 saturated heterocycles. The highest BCUT2D eigenvalue weighted by Gasteiger charge is 2.24. The normalized spacial score (nSPS) is 10.9. The van der Waals surface area contributed by atoms with Crippen molar-refractivity contribution in [2.24, 2.45) is 5.73 Å². The molecule has 0 rings (SSSR count). The van der Waals surface area contributed by atoms with Gasteiger partial charge in [0.1, 0.15) is 0 Å². The van der Waals surface area contributed by atoms with Crippen LogP contribution in [0.15, 0.2) is 0 Å². The van der Waals surface area contributed by atoms with Crippen molar-refractivity contribution in [1.29, 1.82) is 0 Å². The van der Waals surface area contributed by atoms with Crippen molar-refractivity contribution in [1.82, 2.24) is 0 Å². The Labute approximate surface area is 72.8 Å². The summed E-state index contributed by atoms with van der Waals surface area (Å²) in [5.74, 6) is -2.46. The van der Waals surface area contributed by atoms with Gasteiger partial charge in [0, 0.05) is 12.8 Å². The average molecular weight is 188 g/mol. The van der Waals surface area contributed by atoms with Crippen LogP contribution in [0.25, 0.3) is 0 Å². The van der Waals surface area contributed by atoms with Crippen LogP contribution in [0.4, 0.5) is 8.78 Å². The molecular formula is C7H16ClF2N. The maximum absolute atomic E-state index is 12.4. The van der Waals surface area contributed by atoms with Gasteiger partial charge in [0.2, 0.25) is 5.92 Å². The number of halogens is 3. The molecule has 0 amide bonds. The smallest absolute Gasteiger partial charge is 0.247 e. The summed E-state index contributed by atoms with van der Waals surface area (Å²) < 4.78 is 24.9. The highest BCUT2D eigenvalue weighted by atomic mass is 35.5. The standard InChI is InChI=1S/C7H15F2N.ClH/c1-2-7(8,9)5-3-4-6-10;/h2-6,10H2,1H3;1H. The molecule has 0 unspecified atom stereocenters. The van der Waals surface area contributed by atoms with Crippen LogP contribution in [0, 0.1) is 0 Å². The van der Waals surface area contributed by atoms with Crippen molar-refractivity contribution in [3.05, 3.63) is 0 Å². The molecule has 70 valence electrons. The first kappa shape index (κ1) is 13.7. The van der Waals surface area contributed by atoms with E-state index in [1.54, 1.807) is 0 Å². The minimum absolute atomic E-state index is 0. The molecule has 0 heterocycles. The van der Waals surface area contributed by atoms with Crippen molar-refractivity contribution >= 4 is 12.4 Å². The minimum Gasteiger partial charge on any atom is -0.330 e. The molecule has 0 spiro atoms. The number of hydrogen-bond donors (Lipinski definition) is 1. The van der Waals surface area contributed by atoms with E-state index in [9.17, 15) is 8.78 Å². The maximum atomic E-state index is 12.4. The maximum Gasteiger partial charge on any atom is 0.247 e. The van der Waals surface area contributed by atoms with E-state index in [2.05, 4.69) is 0 Å². The van der Waals surface area contributed by atoms with Crippen LogP contribution < -0.4 is 5.73 Å². The van der Waals surface area contributed by atoms with Crippen LogP contribution in [-0.2, 0) is 0 Å². The third-order valence-corrected chi connectivity index (χ3v) is 1.51. The molecule has 0 bridgehead atoms. The third-order valence-electron chi connectivity index (χ3n) is 1.51. The largest absolute Gasteiger partial charge is 0.330 e. The molecule has 0 atom stereocenters. The lowest BCUT2D eigenvalue weighted by Crippen LogP contribution is -2.14. The number of hydrogen-bond acceptors (Lipinski definition) is 1. The molecule has 11 heavy (non-hydrogen) atoms. The summed E-state index contributed by atoms with van der Waals surface area (Å²) in [5.41, 5.74) is 5.15. The fourth-order valence-electron chi connectivity index (χ4n) is 0.705. The Morgan fingerprint density at radius 3 is 2.18 bits per heavy atom. The Kier molecular flexibility index (Phi) is 8.46. The van der Waals surface area contributed by atoms with Gasteiger partial charge in [0.15, 0.2) is 0 Å². The van der Waals surface area contributed by atoms with Gasteiger partial charge >= 0.3 is 0 Å². The van der Waals surface area contributed by atoms with Gasteiger partial charge in [-0.25, -0.2) is 8.78 Å². The van der Waals surface area contributed by atoms with Crippen LogP contribution in [-0.4, -0.2) is 12.5 Å². The minimum atomic E-state index is -2.46. The summed E-state index contributed by atoms with van der Waals surface area (Å²) in [6.07, 6.45) is 1.17. The molecule has 0 radical (unpaired) electrons. The Bertz CT molecular complexity index is 88.5. The average Bonchev–Trinajstić information content (AvgIpc) is 1.89. The Hall–Kier alpha value is 0.110. The molecule has 0 fully saturated rings. The highest BCUT2D eigenvalue weighted by Crippen LogP contribution is 2.24. The van der Waals surface area contributed by atoms with Gasteiger partial charge in [-0.15, -0.1) is 12.4 Å². The van der Waals surface area contributed by atoms with Gasteiger partial charge in [0.25, 0.3) is 0 Å². The molecular weight excluding hydrogens is 172 g/mol. The van der Waals surface area contributed by atoms with Crippen molar-refractivity contribution in [2.75, 3.05) is 6.54 Å². The predicted octanol–water partition coefficient (Wildman–Crippen LogP) is 2.58. The first-order valence-corrected chi connectivity index (χ1v) is 3.70. The summed E-state index contributed by atoms with van der Waals surface area (Å²) >= 11 is 0. The van der Waals surface area contributed by atoms with Gasteiger partial charge < -0.3 is 5.73 Å². The SMILES string of the molecule is CCC(F)(F)CCCCN.Cl. The van der Waals surface area contributed by atoms with Crippen molar-refractivity contribution < 1.29 is 8.78 Å². The van der Waals surface area contributed by atoms with E-state index in [1.165, 1.54) is 6.92 Å². The van der Waals surface area contributed by atoms with Gasteiger partial charge in [-0.3, -0.25) is 0 Å².